The van der Waals surface area contributed by atoms with Crippen LogP contribution in [-0.2, 0) is 4.79 Å². The Morgan fingerprint density at radius 1 is 1.56 bits per heavy atom. The second-order valence-corrected chi connectivity index (χ2v) is 5.43. The van der Waals surface area contributed by atoms with Crippen molar-refractivity contribution < 1.29 is 9.90 Å². The molecule has 0 heterocycles. The normalized spacial score (nSPS) is 22.4. The first kappa shape index (κ1) is 13.4. The van der Waals surface area contributed by atoms with E-state index in [-0.39, 0.29) is 12.5 Å². The van der Waals surface area contributed by atoms with E-state index in [1.54, 1.807) is 6.92 Å². The summed E-state index contributed by atoms with van der Waals surface area (Å²) in [6.45, 7) is 2.45. The molecule has 1 unspecified atom stereocenters. The van der Waals surface area contributed by atoms with Gasteiger partial charge in [-0.15, -0.1) is 0 Å². The van der Waals surface area contributed by atoms with E-state index in [1.165, 1.54) is 0 Å². The van der Waals surface area contributed by atoms with Crippen molar-refractivity contribution in [3.05, 3.63) is 0 Å². The number of nitrogens with one attached hydrogen (secondary N) is 1. The molecule has 1 aliphatic carbocycles. The molecular weight excluding hydrogens is 206 g/mol. The molecule has 94 valence electrons. The molecule has 1 aliphatic rings. The van der Waals surface area contributed by atoms with E-state index in [0.717, 1.165) is 19.3 Å². The molecule has 5 nitrogen and oxygen atoms in total. The fourth-order valence-corrected chi connectivity index (χ4v) is 1.97. The van der Waals surface area contributed by atoms with Crippen LogP contribution in [0.4, 0.5) is 0 Å². The van der Waals surface area contributed by atoms with Crippen LogP contribution < -0.4 is 11.1 Å². The van der Waals surface area contributed by atoms with Crippen LogP contribution in [0.1, 0.15) is 26.2 Å². The summed E-state index contributed by atoms with van der Waals surface area (Å²) in [6, 6.07) is 0. The minimum Gasteiger partial charge on any atom is -0.387 e. The molecule has 5 heteroatoms. The average molecular weight is 229 g/mol. The highest BCUT2D eigenvalue weighted by atomic mass is 16.3. The molecule has 0 radical (unpaired) electrons. The lowest BCUT2D eigenvalue weighted by Crippen LogP contribution is -2.60. The fraction of sp³-hybridized carbons (Fsp3) is 0.909. The van der Waals surface area contributed by atoms with Gasteiger partial charge in [-0.1, -0.05) is 0 Å². The predicted octanol–water partition coefficient (Wildman–Crippen LogP) is -0.703. The molecule has 16 heavy (non-hydrogen) atoms. The van der Waals surface area contributed by atoms with Crippen molar-refractivity contribution in [1.29, 1.82) is 0 Å². The molecule has 1 rings (SSSR count). The second kappa shape index (κ2) is 4.69. The van der Waals surface area contributed by atoms with Crippen LogP contribution in [0.25, 0.3) is 0 Å². The number of carbonyl (C=O) groups is 1. The molecular formula is C11H23N3O2. The third-order valence-corrected chi connectivity index (χ3v) is 2.98. The Labute approximate surface area is 97.0 Å². The first-order chi connectivity index (χ1) is 7.25. The molecule has 0 aromatic heterocycles. The Morgan fingerprint density at radius 2 is 2.12 bits per heavy atom. The van der Waals surface area contributed by atoms with Crippen molar-refractivity contribution in [3.8, 4) is 0 Å². The van der Waals surface area contributed by atoms with Crippen LogP contribution in [0.3, 0.4) is 0 Å². The van der Waals surface area contributed by atoms with Gasteiger partial charge in [0.25, 0.3) is 0 Å². The van der Waals surface area contributed by atoms with Crippen LogP contribution in [0.15, 0.2) is 0 Å². The average Bonchev–Trinajstić information content (AvgIpc) is 2.08. The minimum atomic E-state index is -0.917. The molecule has 1 saturated carbocycles. The molecule has 0 spiro atoms. The zero-order valence-corrected chi connectivity index (χ0v) is 10.4. The largest absolute Gasteiger partial charge is 0.387 e. The zero-order valence-electron chi connectivity index (χ0n) is 10.4. The summed E-state index contributed by atoms with van der Waals surface area (Å²) >= 11 is 0. The highest BCUT2D eigenvalue weighted by Gasteiger charge is 2.40. The lowest BCUT2D eigenvalue weighted by molar-refractivity contribution is -0.130. The summed E-state index contributed by atoms with van der Waals surface area (Å²) in [6.07, 6.45) is 2.50. The summed E-state index contributed by atoms with van der Waals surface area (Å²) in [5.41, 5.74) is 4.27. The van der Waals surface area contributed by atoms with Crippen LogP contribution in [-0.4, -0.2) is 54.2 Å². The van der Waals surface area contributed by atoms with Gasteiger partial charge in [-0.05, 0) is 40.3 Å². The van der Waals surface area contributed by atoms with Crippen LogP contribution >= 0.6 is 0 Å². The number of aliphatic hydroxyl groups is 1. The molecule has 0 saturated heterocycles. The van der Waals surface area contributed by atoms with Gasteiger partial charge in [0.1, 0.15) is 0 Å². The highest BCUT2D eigenvalue weighted by Crippen LogP contribution is 2.29. The number of amides is 1. The topological polar surface area (TPSA) is 78.6 Å². The molecule has 0 aliphatic heterocycles. The highest BCUT2D eigenvalue weighted by molar-refractivity contribution is 5.87. The number of hydrogen-bond acceptors (Lipinski definition) is 4. The predicted molar refractivity (Wildman–Crippen MR) is 63.0 cm³/mol. The van der Waals surface area contributed by atoms with E-state index in [2.05, 4.69) is 5.32 Å². The third kappa shape index (κ3) is 3.43. The van der Waals surface area contributed by atoms with E-state index in [4.69, 9.17) is 5.73 Å². The smallest absolute Gasteiger partial charge is 0.240 e. The maximum atomic E-state index is 11.7. The first-order valence-corrected chi connectivity index (χ1v) is 5.69. The summed E-state index contributed by atoms with van der Waals surface area (Å²) in [4.78, 5) is 13.6. The van der Waals surface area contributed by atoms with Gasteiger partial charge in [0.2, 0.25) is 5.91 Å². The number of nitrogens with two attached hydrogens (primary N) is 1. The van der Waals surface area contributed by atoms with Crippen LogP contribution in [0, 0.1) is 0 Å². The molecule has 1 amide bonds. The zero-order chi connectivity index (χ0) is 12.4. The monoisotopic (exact) mass is 229 g/mol. The summed E-state index contributed by atoms with van der Waals surface area (Å²) in [7, 11) is 3.76. The number of likely N-dealkylation sites (N-methyl/N-ethyl adjacent to an activating group) is 1. The van der Waals surface area contributed by atoms with Crippen molar-refractivity contribution >= 4 is 5.91 Å². The van der Waals surface area contributed by atoms with Gasteiger partial charge in [-0.3, -0.25) is 4.79 Å². The van der Waals surface area contributed by atoms with Crippen LogP contribution in [0.2, 0.25) is 0 Å². The molecule has 0 bridgehead atoms. The van der Waals surface area contributed by atoms with E-state index >= 15 is 0 Å². The quantitative estimate of drug-likeness (QED) is 0.582. The lowest BCUT2D eigenvalue weighted by Gasteiger charge is -2.37. The van der Waals surface area contributed by atoms with Gasteiger partial charge in [0.15, 0.2) is 0 Å². The van der Waals surface area contributed by atoms with Gasteiger partial charge >= 0.3 is 0 Å². The van der Waals surface area contributed by atoms with Crippen molar-refractivity contribution in [3.63, 3.8) is 0 Å². The van der Waals surface area contributed by atoms with E-state index in [0.29, 0.717) is 6.54 Å². The maximum absolute atomic E-state index is 11.7. The Bertz CT molecular complexity index is 260. The lowest BCUT2D eigenvalue weighted by atomic mass is 9.77. The Balaban J connectivity index is 2.36. The maximum Gasteiger partial charge on any atom is 0.240 e. The Kier molecular flexibility index (Phi) is 3.93. The summed E-state index contributed by atoms with van der Waals surface area (Å²) < 4.78 is 0. The van der Waals surface area contributed by atoms with E-state index in [1.807, 2.05) is 19.0 Å². The van der Waals surface area contributed by atoms with Crippen molar-refractivity contribution in [2.24, 2.45) is 5.73 Å². The minimum absolute atomic E-state index is 0.141. The number of hydrogen-bond donors (Lipinski definition) is 3. The van der Waals surface area contributed by atoms with Gasteiger partial charge in [0.05, 0.1) is 11.1 Å². The van der Waals surface area contributed by atoms with Crippen molar-refractivity contribution in [2.45, 2.75) is 37.3 Å². The fourth-order valence-electron chi connectivity index (χ4n) is 1.97. The SMILES string of the molecule is CN(C)CC(C)(O)CNC(=O)C1(N)CCC1. The van der Waals surface area contributed by atoms with Gasteiger partial charge in [-0.25, -0.2) is 0 Å². The first-order valence-electron chi connectivity index (χ1n) is 5.69. The van der Waals surface area contributed by atoms with Gasteiger partial charge in [0, 0.05) is 13.1 Å². The number of carbonyl (C=O) groups excluding carboxylic acids is 1. The van der Waals surface area contributed by atoms with Crippen molar-refractivity contribution in [2.75, 3.05) is 27.2 Å². The summed E-state index contributed by atoms with van der Waals surface area (Å²) in [5.74, 6) is -0.141. The second-order valence-electron chi connectivity index (χ2n) is 5.43. The molecule has 4 N–H and O–H groups in total. The Morgan fingerprint density at radius 3 is 2.50 bits per heavy atom. The molecule has 0 aromatic carbocycles. The molecule has 1 fully saturated rings. The summed E-state index contributed by atoms with van der Waals surface area (Å²) in [5, 5.41) is 12.7. The number of rotatable bonds is 5. The third-order valence-electron chi connectivity index (χ3n) is 2.98. The molecule has 0 aromatic rings. The van der Waals surface area contributed by atoms with Gasteiger partial charge in [-0.2, -0.15) is 0 Å². The van der Waals surface area contributed by atoms with E-state index < -0.39 is 11.1 Å². The number of nitrogens with zero attached hydrogens (tertiary/aromatic N) is 1. The van der Waals surface area contributed by atoms with Gasteiger partial charge < -0.3 is 21.1 Å². The van der Waals surface area contributed by atoms with Crippen molar-refractivity contribution in [1.82, 2.24) is 10.2 Å². The Hall–Kier alpha value is -0.650. The molecule has 1 atom stereocenters. The van der Waals surface area contributed by atoms with E-state index in [9.17, 15) is 9.90 Å². The standard InChI is InChI=1S/C11H23N3O2/c1-10(16,8-14(2)3)7-13-9(15)11(12)5-4-6-11/h16H,4-8,12H2,1-3H3,(H,13,15). The van der Waals surface area contributed by atoms with Crippen LogP contribution in [0.5, 0.6) is 0 Å².